The Kier molecular flexibility index (Phi) is 5.90. The van der Waals surface area contributed by atoms with Gasteiger partial charge >= 0.3 is 5.97 Å². The number of hydrogen-bond donors (Lipinski definition) is 1. The summed E-state index contributed by atoms with van der Waals surface area (Å²) in [5, 5.41) is 2.91. The highest BCUT2D eigenvalue weighted by molar-refractivity contribution is 9.10. The zero-order chi connectivity index (χ0) is 12.7. The Morgan fingerprint density at radius 2 is 2.24 bits per heavy atom. The van der Waals surface area contributed by atoms with Gasteiger partial charge in [-0.05, 0) is 29.3 Å². The van der Waals surface area contributed by atoms with Crippen LogP contribution in [0.5, 0.6) is 0 Å². The smallest absolute Gasteiger partial charge is 0.325 e. The van der Waals surface area contributed by atoms with E-state index in [1.54, 1.807) is 13.0 Å². The second-order valence-electron chi connectivity index (χ2n) is 3.40. The minimum atomic E-state index is -0.292. The first-order valence-corrected chi connectivity index (χ1v) is 6.38. The van der Waals surface area contributed by atoms with Gasteiger partial charge in [-0.2, -0.15) is 0 Å². The molecule has 0 radical (unpaired) electrons. The van der Waals surface area contributed by atoms with Crippen LogP contribution in [0.15, 0.2) is 10.7 Å². The van der Waals surface area contributed by atoms with E-state index in [9.17, 15) is 4.79 Å². The van der Waals surface area contributed by atoms with Gasteiger partial charge < -0.3 is 10.1 Å². The number of rotatable bonds is 6. The van der Waals surface area contributed by atoms with E-state index in [-0.39, 0.29) is 12.5 Å². The molecule has 0 unspecified atom stereocenters. The average Bonchev–Trinajstić information content (AvgIpc) is 2.26. The molecule has 0 aromatic carbocycles. The Morgan fingerprint density at radius 1 is 1.47 bits per heavy atom. The molecule has 0 spiro atoms. The fourth-order valence-corrected chi connectivity index (χ4v) is 1.69. The summed E-state index contributed by atoms with van der Waals surface area (Å²) < 4.78 is 5.53. The molecule has 94 valence electrons. The van der Waals surface area contributed by atoms with Crippen LogP contribution in [-0.2, 0) is 16.0 Å². The molecule has 0 fully saturated rings. The van der Waals surface area contributed by atoms with Crippen molar-refractivity contribution < 1.29 is 9.53 Å². The molecule has 0 aliphatic rings. The SMILES string of the molecule is CCCc1nc(Br)cc(NCC(=O)OCC)n1. The van der Waals surface area contributed by atoms with Gasteiger partial charge in [0, 0.05) is 12.5 Å². The van der Waals surface area contributed by atoms with Crippen LogP contribution >= 0.6 is 15.9 Å². The summed E-state index contributed by atoms with van der Waals surface area (Å²) in [7, 11) is 0. The van der Waals surface area contributed by atoms with Gasteiger partial charge in [0.1, 0.15) is 22.8 Å². The zero-order valence-corrected chi connectivity index (χ0v) is 11.6. The number of esters is 1. The number of aryl methyl sites for hydroxylation is 1. The van der Waals surface area contributed by atoms with Gasteiger partial charge in [-0.1, -0.05) is 6.92 Å². The van der Waals surface area contributed by atoms with Crippen molar-refractivity contribution in [1.29, 1.82) is 0 Å². The molecule has 1 rings (SSSR count). The van der Waals surface area contributed by atoms with Gasteiger partial charge in [0.25, 0.3) is 0 Å². The highest BCUT2D eigenvalue weighted by atomic mass is 79.9. The quantitative estimate of drug-likeness (QED) is 0.644. The average molecular weight is 302 g/mol. The number of halogens is 1. The Hall–Kier alpha value is -1.17. The Balaban J connectivity index is 2.61. The van der Waals surface area contributed by atoms with Gasteiger partial charge in [-0.25, -0.2) is 9.97 Å². The number of carbonyl (C=O) groups is 1. The monoisotopic (exact) mass is 301 g/mol. The molecule has 0 saturated carbocycles. The zero-order valence-electron chi connectivity index (χ0n) is 9.99. The highest BCUT2D eigenvalue weighted by Crippen LogP contribution is 2.13. The van der Waals surface area contributed by atoms with Crippen LogP contribution in [0, 0.1) is 0 Å². The van der Waals surface area contributed by atoms with E-state index in [4.69, 9.17) is 4.74 Å². The molecule has 6 heteroatoms. The van der Waals surface area contributed by atoms with E-state index in [1.807, 2.05) is 0 Å². The molecule has 0 amide bonds. The Labute approximate surface area is 109 Å². The van der Waals surface area contributed by atoms with Crippen LogP contribution in [0.1, 0.15) is 26.1 Å². The van der Waals surface area contributed by atoms with Crippen LogP contribution < -0.4 is 5.32 Å². The Bertz CT molecular complexity index is 385. The number of nitrogens with zero attached hydrogens (tertiary/aromatic N) is 2. The summed E-state index contributed by atoms with van der Waals surface area (Å²) in [6.07, 6.45) is 1.79. The van der Waals surface area contributed by atoms with E-state index in [0.29, 0.717) is 17.0 Å². The topological polar surface area (TPSA) is 64.1 Å². The molecule has 1 aromatic heterocycles. The second kappa shape index (κ2) is 7.21. The van der Waals surface area contributed by atoms with Gasteiger partial charge in [0.15, 0.2) is 0 Å². The van der Waals surface area contributed by atoms with E-state index < -0.39 is 0 Å². The van der Waals surface area contributed by atoms with Crippen LogP contribution in [0.25, 0.3) is 0 Å². The standard InChI is InChI=1S/C11H16BrN3O2/c1-3-5-9-14-8(12)6-10(15-9)13-7-11(16)17-4-2/h6H,3-5,7H2,1-2H3,(H,13,14,15). The minimum absolute atomic E-state index is 0.114. The number of ether oxygens (including phenoxy) is 1. The first-order chi connectivity index (χ1) is 8.15. The molecule has 1 N–H and O–H groups in total. The van der Waals surface area contributed by atoms with Crippen molar-refractivity contribution in [2.75, 3.05) is 18.5 Å². The van der Waals surface area contributed by atoms with Crippen LogP contribution in [0.4, 0.5) is 5.82 Å². The third-order valence-electron chi connectivity index (χ3n) is 1.93. The van der Waals surface area contributed by atoms with Crippen LogP contribution in [-0.4, -0.2) is 29.1 Å². The molecule has 1 aromatic rings. The summed E-state index contributed by atoms with van der Waals surface area (Å²) in [6.45, 7) is 4.34. The fraction of sp³-hybridized carbons (Fsp3) is 0.545. The Morgan fingerprint density at radius 3 is 2.88 bits per heavy atom. The van der Waals surface area contributed by atoms with Crippen molar-refractivity contribution in [2.24, 2.45) is 0 Å². The second-order valence-corrected chi connectivity index (χ2v) is 4.21. The number of carbonyl (C=O) groups excluding carboxylic acids is 1. The van der Waals surface area contributed by atoms with Crippen LogP contribution in [0.2, 0.25) is 0 Å². The molecule has 5 nitrogen and oxygen atoms in total. The molecule has 0 saturated heterocycles. The first-order valence-electron chi connectivity index (χ1n) is 5.58. The van der Waals surface area contributed by atoms with E-state index in [2.05, 4.69) is 38.1 Å². The summed E-state index contributed by atoms with van der Waals surface area (Å²) in [5.74, 6) is 1.09. The number of aromatic nitrogens is 2. The van der Waals surface area contributed by atoms with E-state index in [1.165, 1.54) is 0 Å². The molecule has 0 aliphatic carbocycles. The molecule has 0 atom stereocenters. The van der Waals surface area contributed by atoms with Crippen molar-refractivity contribution in [3.05, 3.63) is 16.5 Å². The van der Waals surface area contributed by atoms with Gasteiger partial charge in [-0.15, -0.1) is 0 Å². The maximum Gasteiger partial charge on any atom is 0.325 e. The number of anilines is 1. The predicted octanol–water partition coefficient (Wildman–Crippen LogP) is 2.17. The van der Waals surface area contributed by atoms with E-state index in [0.717, 1.165) is 18.7 Å². The van der Waals surface area contributed by atoms with Crippen molar-refractivity contribution >= 4 is 27.7 Å². The highest BCUT2D eigenvalue weighted by Gasteiger charge is 2.05. The normalized spacial score (nSPS) is 10.1. The lowest BCUT2D eigenvalue weighted by molar-refractivity contribution is -0.140. The van der Waals surface area contributed by atoms with Crippen molar-refractivity contribution in [3.63, 3.8) is 0 Å². The summed E-state index contributed by atoms with van der Waals surface area (Å²) in [4.78, 5) is 19.7. The first kappa shape index (κ1) is 13.9. The van der Waals surface area contributed by atoms with Gasteiger partial charge in [0.2, 0.25) is 0 Å². The lowest BCUT2D eigenvalue weighted by Gasteiger charge is -2.07. The molecule has 0 aliphatic heterocycles. The fourth-order valence-electron chi connectivity index (χ4n) is 1.27. The third kappa shape index (κ3) is 5.12. The molecular weight excluding hydrogens is 286 g/mol. The van der Waals surface area contributed by atoms with Crippen LogP contribution in [0.3, 0.4) is 0 Å². The molecular formula is C11H16BrN3O2. The maximum absolute atomic E-state index is 11.2. The van der Waals surface area contributed by atoms with Crippen molar-refractivity contribution in [3.8, 4) is 0 Å². The summed E-state index contributed by atoms with van der Waals surface area (Å²) >= 11 is 3.31. The summed E-state index contributed by atoms with van der Waals surface area (Å²) in [5.41, 5.74) is 0. The lowest BCUT2D eigenvalue weighted by Crippen LogP contribution is -2.17. The molecule has 17 heavy (non-hydrogen) atoms. The van der Waals surface area contributed by atoms with E-state index >= 15 is 0 Å². The van der Waals surface area contributed by atoms with Gasteiger partial charge in [0.05, 0.1) is 6.61 Å². The van der Waals surface area contributed by atoms with Gasteiger partial charge in [-0.3, -0.25) is 4.79 Å². The third-order valence-corrected chi connectivity index (χ3v) is 2.34. The molecule has 0 bridgehead atoms. The van der Waals surface area contributed by atoms with Crippen molar-refractivity contribution in [2.45, 2.75) is 26.7 Å². The summed E-state index contributed by atoms with van der Waals surface area (Å²) in [6, 6.07) is 1.73. The largest absolute Gasteiger partial charge is 0.465 e. The predicted molar refractivity (Wildman–Crippen MR) is 68.8 cm³/mol. The maximum atomic E-state index is 11.2. The minimum Gasteiger partial charge on any atom is -0.465 e. The number of nitrogens with one attached hydrogen (secondary N) is 1. The molecule has 1 heterocycles. The number of hydrogen-bond acceptors (Lipinski definition) is 5. The lowest BCUT2D eigenvalue weighted by atomic mass is 10.3. The van der Waals surface area contributed by atoms with Crippen molar-refractivity contribution in [1.82, 2.24) is 9.97 Å².